The summed E-state index contributed by atoms with van der Waals surface area (Å²) in [5.74, 6) is -0.406. The number of carbonyl (C=O) groups excluding carboxylic acids is 2. The number of esters is 1. The summed E-state index contributed by atoms with van der Waals surface area (Å²) < 4.78 is 17.3. The predicted octanol–water partition coefficient (Wildman–Crippen LogP) is 3.86. The quantitative estimate of drug-likeness (QED) is 0.239. The SMILES string of the molecule is COC(=O)CNc1c(-c2ccc(OC)c(OC)c2)nc2cc(C(=O)NC(CC(=O)O)c3ccc(C)cc3)ccn12. The average molecular weight is 547 g/mol. The van der Waals surface area contributed by atoms with Crippen molar-refractivity contribution in [1.29, 1.82) is 0 Å². The summed E-state index contributed by atoms with van der Waals surface area (Å²) in [4.78, 5) is 41.4. The first-order valence-electron chi connectivity index (χ1n) is 12.4. The number of rotatable bonds is 11. The molecular weight excluding hydrogens is 516 g/mol. The van der Waals surface area contributed by atoms with Gasteiger partial charge >= 0.3 is 11.9 Å². The third-order valence-electron chi connectivity index (χ3n) is 6.34. The van der Waals surface area contributed by atoms with Gasteiger partial charge in [0, 0.05) is 17.3 Å². The molecule has 4 aromatic rings. The molecule has 0 aliphatic rings. The number of benzene rings is 2. The molecular formula is C29H30N4O7. The van der Waals surface area contributed by atoms with Gasteiger partial charge in [-0.25, -0.2) is 4.98 Å². The van der Waals surface area contributed by atoms with E-state index in [1.807, 2.05) is 19.1 Å². The Kier molecular flexibility index (Phi) is 8.53. The molecule has 2 aromatic heterocycles. The van der Waals surface area contributed by atoms with Crippen LogP contribution in [0, 0.1) is 6.92 Å². The fraction of sp³-hybridized carbons (Fsp3) is 0.241. The van der Waals surface area contributed by atoms with E-state index in [4.69, 9.17) is 19.2 Å². The summed E-state index contributed by atoms with van der Waals surface area (Å²) >= 11 is 0. The fourth-order valence-electron chi connectivity index (χ4n) is 4.23. The van der Waals surface area contributed by atoms with Gasteiger partial charge in [0.25, 0.3) is 5.91 Å². The van der Waals surface area contributed by atoms with Gasteiger partial charge in [-0.05, 0) is 42.8 Å². The van der Waals surface area contributed by atoms with Crippen LogP contribution >= 0.6 is 0 Å². The summed E-state index contributed by atoms with van der Waals surface area (Å²) in [6.07, 6.45) is 1.38. The van der Waals surface area contributed by atoms with Crippen molar-refractivity contribution in [3.05, 3.63) is 77.5 Å². The molecule has 0 radical (unpaired) electrons. The van der Waals surface area contributed by atoms with Gasteiger partial charge in [0.2, 0.25) is 0 Å². The Morgan fingerprint density at radius 3 is 2.35 bits per heavy atom. The van der Waals surface area contributed by atoms with Crippen LogP contribution in [-0.4, -0.2) is 60.2 Å². The maximum Gasteiger partial charge on any atom is 0.325 e. The van der Waals surface area contributed by atoms with Crippen LogP contribution in [-0.2, 0) is 14.3 Å². The van der Waals surface area contributed by atoms with Crippen LogP contribution in [0.5, 0.6) is 11.5 Å². The number of aryl methyl sites for hydroxylation is 1. The standard InChI is InChI=1S/C29H30N4O7/c1-17-5-7-18(8-6-17)21(15-25(34)35)31-29(37)20-11-12-33-24(14-20)32-27(28(33)30-16-26(36)40-4)19-9-10-22(38-2)23(13-19)39-3/h5-14,21,30H,15-16H2,1-4H3,(H,31,37)(H,34,35). The zero-order chi connectivity index (χ0) is 28.8. The highest BCUT2D eigenvalue weighted by Crippen LogP contribution is 2.35. The zero-order valence-electron chi connectivity index (χ0n) is 22.6. The lowest BCUT2D eigenvalue weighted by Crippen LogP contribution is -2.30. The normalized spacial score (nSPS) is 11.5. The Morgan fingerprint density at radius 1 is 0.975 bits per heavy atom. The minimum absolute atomic E-state index is 0.111. The summed E-state index contributed by atoms with van der Waals surface area (Å²) in [5.41, 5.74) is 3.61. The summed E-state index contributed by atoms with van der Waals surface area (Å²) in [5, 5.41) is 15.3. The molecule has 0 aliphatic heterocycles. The molecule has 0 bridgehead atoms. The second kappa shape index (κ2) is 12.2. The molecule has 0 saturated carbocycles. The van der Waals surface area contributed by atoms with Crippen LogP contribution in [0.2, 0.25) is 0 Å². The smallest absolute Gasteiger partial charge is 0.325 e. The third-order valence-corrected chi connectivity index (χ3v) is 6.34. The zero-order valence-corrected chi connectivity index (χ0v) is 22.6. The van der Waals surface area contributed by atoms with E-state index in [2.05, 4.69) is 10.6 Å². The number of hydrogen-bond acceptors (Lipinski definition) is 8. The predicted molar refractivity (Wildman–Crippen MR) is 148 cm³/mol. The monoisotopic (exact) mass is 546 g/mol. The molecule has 11 heteroatoms. The number of fused-ring (bicyclic) bond motifs is 1. The largest absolute Gasteiger partial charge is 0.493 e. The number of pyridine rings is 1. The van der Waals surface area contributed by atoms with Crippen molar-refractivity contribution >= 4 is 29.3 Å². The molecule has 0 spiro atoms. The molecule has 2 aromatic carbocycles. The van der Waals surface area contributed by atoms with Crippen LogP contribution in [0.4, 0.5) is 5.82 Å². The van der Waals surface area contributed by atoms with E-state index < -0.39 is 23.9 Å². The number of anilines is 1. The molecule has 11 nitrogen and oxygen atoms in total. The number of ether oxygens (including phenoxy) is 3. The number of carboxylic acids is 1. The molecule has 1 amide bonds. The number of methoxy groups -OCH3 is 3. The fourth-order valence-corrected chi connectivity index (χ4v) is 4.23. The number of aromatic nitrogens is 2. The van der Waals surface area contributed by atoms with E-state index in [0.29, 0.717) is 45.3 Å². The lowest BCUT2D eigenvalue weighted by atomic mass is 10.0. The van der Waals surface area contributed by atoms with E-state index in [1.165, 1.54) is 21.3 Å². The average Bonchev–Trinajstić information content (AvgIpc) is 3.32. The maximum absolute atomic E-state index is 13.2. The first kappa shape index (κ1) is 28.0. The second-order valence-electron chi connectivity index (χ2n) is 8.99. The number of hydrogen-bond donors (Lipinski definition) is 3. The highest BCUT2D eigenvalue weighted by Gasteiger charge is 2.21. The lowest BCUT2D eigenvalue weighted by molar-refractivity contribution is -0.139. The highest BCUT2D eigenvalue weighted by atomic mass is 16.5. The number of carbonyl (C=O) groups is 3. The molecule has 0 aliphatic carbocycles. The van der Waals surface area contributed by atoms with Gasteiger partial charge < -0.3 is 30.0 Å². The van der Waals surface area contributed by atoms with Gasteiger partial charge in [0.1, 0.15) is 23.7 Å². The van der Waals surface area contributed by atoms with Crippen molar-refractivity contribution < 1.29 is 33.7 Å². The summed E-state index contributed by atoms with van der Waals surface area (Å²) in [6, 6.07) is 15.1. The molecule has 1 unspecified atom stereocenters. The first-order valence-corrected chi connectivity index (χ1v) is 12.4. The Balaban J connectivity index is 1.72. The Bertz CT molecular complexity index is 1550. The number of aliphatic carboxylic acids is 1. The van der Waals surface area contributed by atoms with Crippen LogP contribution in [0.15, 0.2) is 60.8 Å². The number of amides is 1. The Morgan fingerprint density at radius 2 is 1.70 bits per heavy atom. The molecule has 0 saturated heterocycles. The van der Waals surface area contributed by atoms with E-state index in [0.717, 1.165) is 5.56 Å². The van der Waals surface area contributed by atoms with Gasteiger partial charge in [-0.1, -0.05) is 29.8 Å². The van der Waals surface area contributed by atoms with Crippen molar-refractivity contribution in [2.75, 3.05) is 33.2 Å². The molecule has 2 heterocycles. The van der Waals surface area contributed by atoms with Gasteiger partial charge in [-0.3, -0.25) is 18.8 Å². The van der Waals surface area contributed by atoms with E-state index in [1.54, 1.807) is 53.1 Å². The molecule has 4 rings (SSSR count). The van der Waals surface area contributed by atoms with Crippen LogP contribution in [0.3, 0.4) is 0 Å². The van der Waals surface area contributed by atoms with Gasteiger partial charge in [-0.15, -0.1) is 0 Å². The number of nitrogens with one attached hydrogen (secondary N) is 2. The minimum Gasteiger partial charge on any atom is -0.493 e. The summed E-state index contributed by atoms with van der Waals surface area (Å²) in [7, 11) is 4.37. The number of imidazole rings is 1. The van der Waals surface area contributed by atoms with E-state index in [9.17, 15) is 19.5 Å². The topological polar surface area (TPSA) is 140 Å². The van der Waals surface area contributed by atoms with Gasteiger partial charge in [-0.2, -0.15) is 0 Å². The molecule has 3 N–H and O–H groups in total. The number of carboxylic acid groups (broad SMARTS) is 1. The van der Waals surface area contributed by atoms with Gasteiger partial charge in [0.15, 0.2) is 11.5 Å². The third kappa shape index (κ3) is 6.15. The molecule has 208 valence electrons. The van der Waals surface area contributed by atoms with Crippen molar-refractivity contribution in [3.63, 3.8) is 0 Å². The van der Waals surface area contributed by atoms with Crippen molar-refractivity contribution in [2.24, 2.45) is 0 Å². The maximum atomic E-state index is 13.2. The van der Waals surface area contributed by atoms with Crippen molar-refractivity contribution in [2.45, 2.75) is 19.4 Å². The van der Waals surface area contributed by atoms with Crippen LogP contribution < -0.4 is 20.1 Å². The van der Waals surface area contributed by atoms with E-state index >= 15 is 0 Å². The minimum atomic E-state index is -1.03. The highest BCUT2D eigenvalue weighted by molar-refractivity contribution is 5.96. The molecule has 0 fully saturated rings. The molecule has 1 atom stereocenters. The van der Waals surface area contributed by atoms with E-state index in [-0.39, 0.29) is 13.0 Å². The Hall–Kier alpha value is -5.06. The van der Waals surface area contributed by atoms with Crippen molar-refractivity contribution in [3.8, 4) is 22.8 Å². The first-order chi connectivity index (χ1) is 19.2. The number of nitrogens with zero attached hydrogens (tertiary/aromatic N) is 2. The Labute approximate surface area is 230 Å². The second-order valence-corrected chi connectivity index (χ2v) is 8.99. The van der Waals surface area contributed by atoms with Crippen LogP contribution in [0.25, 0.3) is 16.9 Å². The van der Waals surface area contributed by atoms with Gasteiger partial charge in [0.05, 0.1) is 33.8 Å². The molecule has 40 heavy (non-hydrogen) atoms. The summed E-state index contributed by atoms with van der Waals surface area (Å²) in [6.45, 7) is 1.82. The lowest BCUT2D eigenvalue weighted by Gasteiger charge is -2.18. The van der Waals surface area contributed by atoms with Crippen LogP contribution in [0.1, 0.15) is 33.9 Å². The van der Waals surface area contributed by atoms with Crippen molar-refractivity contribution in [1.82, 2.24) is 14.7 Å².